The Balaban J connectivity index is 1.30. The molecule has 4 rings (SSSR count). The van der Waals surface area contributed by atoms with Crippen LogP contribution in [0.2, 0.25) is 5.02 Å². The number of hydrogen-bond acceptors (Lipinski definition) is 4. The molecule has 1 saturated carbocycles. The zero-order valence-corrected chi connectivity index (χ0v) is 18.4. The molecule has 2 fully saturated rings. The fourth-order valence-corrected chi connectivity index (χ4v) is 4.87. The molecule has 5 nitrogen and oxygen atoms in total. The van der Waals surface area contributed by atoms with Crippen molar-refractivity contribution in [2.45, 2.75) is 38.0 Å². The van der Waals surface area contributed by atoms with E-state index in [2.05, 4.69) is 10.7 Å². The molecule has 1 saturated heterocycles. The molecule has 1 N–H and O–H groups in total. The van der Waals surface area contributed by atoms with Crippen molar-refractivity contribution in [3.63, 3.8) is 0 Å². The van der Waals surface area contributed by atoms with Gasteiger partial charge in [0.1, 0.15) is 0 Å². The number of halogens is 1. The van der Waals surface area contributed by atoms with E-state index in [4.69, 9.17) is 16.6 Å². The van der Waals surface area contributed by atoms with Crippen LogP contribution in [-0.4, -0.2) is 41.3 Å². The van der Waals surface area contributed by atoms with Crippen LogP contribution in [0.3, 0.4) is 0 Å². The van der Waals surface area contributed by atoms with Crippen molar-refractivity contribution in [3.05, 3.63) is 57.0 Å². The number of rotatable bonds is 7. The number of amides is 2. The molecule has 0 radical (unpaired) electrons. The van der Waals surface area contributed by atoms with Gasteiger partial charge in [-0.15, -0.1) is 11.3 Å². The van der Waals surface area contributed by atoms with E-state index < -0.39 is 0 Å². The van der Waals surface area contributed by atoms with Gasteiger partial charge in [-0.3, -0.25) is 9.59 Å². The summed E-state index contributed by atoms with van der Waals surface area (Å²) in [6.45, 7) is 2.10. The van der Waals surface area contributed by atoms with E-state index >= 15 is 0 Å². The summed E-state index contributed by atoms with van der Waals surface area (Å²) < 4.78 is 0. The Labute approximate surface area is 186 Å². The summed E-state index contributed by atoms with van der Waals surface area (Å²) in [6.07, 6.45) is 8.22. The molecule has 158 valence electrons. The quantitative estimate of drug-likeness (QED) is 0.649. The van der Waals surface area contributed by atoms with Crippen LogP contribution < -0.4 is 5.32 Å². The number of hydrogen-bond donors (Lipinski definition) is 1. The molecule has 2 aromatic rings. The van der Waals surface area contributed by atoms with Gasteiger partial charge >= 0.3 is 0 Å². The molecule has 1 aromatic heterocycles. The summed E-state index contributed by atoms with van der Waals surface area (Å²) in [6, 6.07) is 7.50. The lowest BCUT2D eigenvalue weighted by atomic mass is 9.98. The number of nitrogens with zero attached hydrogens (tertiary/aromatic N) is 2. The maximum absolute atomic E-state index is 12.7. The van der Waals surface area contributed by atoms with Crippen molar-refractivity contribution in [1.82, 2.24) is 15.2 Å². The summed E-state index contributed by atoms with van der Waals surface area (Å²) in [7, 11) is 0. The van der Waals surface area contributed by atoms with Crippen LogP contribution in [0, 0.1) is 5.92 Å². The monoisotopic (exact) mass is 443 g/mol. The Morgan fingerprint density at radius 2 is 2.10 bits per heavy atom. The maximum Gasteiger partial charge on any atom is 0.246 e. The van der Waals surface area contributed by atoms with Crippen LogP contribution >= 0.6 is 22.9 Å². The number of aromatic nitrogens is 1. The lowest BCUT2D eigenvalue weighted by Gasteiger charge is -2.31. The Morgan fingerprint density at radius 3 is 2.90 bits per heavy atom. The summed E-state index contributed by atoms with van der Waals surface area (Å²) >= 11 is 7.83. The highest BCUT2D eigenvalue weighted by Crippen LogP contribution is 2.30. The van der Waals surface area contributed by atoms with Crippen LogP contribution in [0.1, 0.15) is 47.9 Å². The van der Waals surface area contributed by atoms with Crippen molar-refractivity contribution in [1.29, 1.82) is 0 Å². The Morgan fingerprint density at radius 1 is 1.27 bits per heavy atom. The first-order chi connectivity index (χ1) is 14.6. The fourth-order valence-electron chi connectivity index (χ4n) is 3.68. The van der Waals surface area contributed by atoms with Gasteiger partial charge in [-0.25, -0.2) is 4.98 Å². The number of carbonyl (C=O) groups excluding carboxylic acids is 2. The Bertz CT molecular complexity index is 938. The van der Waals surface area contributed by atoms with Gasteiger partial charge in [-0.1, -0.05) is 29.8 Å². The van der Waals surface area contributed by atoms with Crippen LogP contribution in [0.15, 0.2) is 35.7 Å². The normalized spacial score (nSPS) is 19.2. The molecule has 7 heteroatoms. The highest BCUT2D eigenvalue weighted by atomic mass is 35.5. The van der Waals surface area contributed by atoms with Gasteiger partial charge in [0.15, 0.2) is 0 Å². The van der Waals surface area contributed by atoms with Gasteiger partial charge in [-0.05, 0) is 43.4 Å². The van der Waals surface area contributed by atoms with Crippen LogP contribution in [-0.2, 0) is 16.0 Å². The maximum atomic E-state index is 12.7. The highest BCUT2D eigenvalue weighted by Gasteiger charge is 2.29. The van der Waals surface area contributed by atoms with Gasteiger partial charge in [0.2, 0.25) is 11.8 Å². The van der Waals surface area contributed by atoms with Crippen molar-refractivity contribution in [2.24, 2.45) is 5.92 Å². The van der Waals surface area contributed by atoms with E-state index in [1.54, 1.807) is 23.5 Å². The molecule has 0 spiro atoms. The lowest BCUT2D eigenvalue weighted by molar-refractivity contribution is -0.127. The summed E-state index contributed by atoms with van der Waals surface area (Å²) in [5, 5.41) is 6.80. The summed E-state index contributed by atoms with van der Waals surface area (Å²) in [5.41, 5.74) is 1.87. The molecule has 0 unspecified atom stereocenters. The molecule has 1 aliphatic carbocycles. The van der Waals surface area contributed by atoms with Gasteiger partial charge in [-0.2, -0.15) is 0 Å². The third-order valence-corrected chi connectivity index (χ3v) is 6.99. The van der Waals surface area contributed by atoms with Gasteiger partial charge in [0, 0.05) is 54.4 Å². The first-order valence-electron chi connectivity index (χ1n) is 10.5. The minimum atomic E-state index is 0.0131. The van der Waals surface area contributed by atoms with Crippen molar-refractivity contribution in [2.75, 3.05) is 19.6 Å². The first kappa shape index (κ1) is 21.1. The molecule has 0 bridgehead atoms. The molecule has 30 heavy (non-hydrogen) atoms. The number of thiazole rings is 1. The average molecular weight is 444 g/mol. The molecular formula is C23H26ClN3O2S. The standard InChI is InChI=1S/C23H26ClN3O2S/c24-20-6-2-1-4-16(20)9-10-21(28)27-13-3-5-18(14-27)23-26-19(15-30-23)11-12-25-22(29)17-7-8-17/h1-2,4,6,9-10,15,17-18H,3,5,7-8,11-14H2,(H,25,29)/b10-9+/t18-/m1/s1. The topological polar surface area (TPSA) is 62.3 Å². The van der Waals surface area contributed by atoms with Crippen LogP contribution in [0.4, 0.5) is 0 Å². The van der Waals surface area contributed by atoms with Crippen molar-refractivity contribution < 1.29 is 9.59 Å². The molecule has 2 heterocycles. The number of carbonyl (C=O) groups is 2. The number of nitrogens with one attached hydrogen (secondary N) is 1. The minimum absolute atomic E-state index is 0.0131. The SMILES string of the molecule is O=C(NCCc1csc([C@@H]2CCCN(C(=O)/C=C/c3ccccc3Cl)C2)n1)C1CC1. The van der Waals surface area contributed by atoms with Crippen LogP contribution in [0.5, 0.6) is 0 Å². The van der Waals surface area contributed by atoms with E-state index in [-0.39, 0.29) is 23.7 Å². The largest absolute Gasteiger partial charge is 0.355 e. The second kappa shape index (κ2) is 9.75. The van der Waals surface area contributed by atoms with Gasteiger partial charge in [0.05, 0.1) is 10.7 Å². The summed E-state index contributed by atoms with van der Waals surface area (Å²) in [4.78, 5) is 31.1. The zero-order valence-electron chi connectivity index (χ0n) is 16.9. The number of likely N-dealkylation sites (tertiary alicyclic amines) is 1. The number of benzene rings is 1. The fraction of sp³-hybridized carbons (Fsp3) is 0.435. The second-order valence-corrected chi connectivity index (χ2v) is 9.27. The van der Waals surface area contributed by atoms with Gasteiger partial charge < -0.3 is 10.2 Å². The number of piperidine rings is 1. The molecule has 2 aliphatic rings. The van der Waals surface area contributed by atoms with Gasteiger partial charge in [0.25, 0.3) is 0 Å². The Hall–Kier alpha value is -2.18. The molecule has 1 aliphatic heterocycles. The predicted molar refractivity (Wildman–Crippen MR) is 121 cm³/mol. The zero-order chi connectivity index (χ0) is 20.9. The summed E-state index contributed by atoms with van der Waals surface area (Å²) in [5.74, 6) is 0.709. The molecule has 1 atom stereocenters. The highest BCUT2D eigenvalue weighted by molar-refractivity contribution is 7.09. The molecular weight excluding hydrogens is 418 g/mol. The third-order valence-electron chi connectivity index (χ3n) is 5.59. The van der Waals surface area contributed by atoms with E-state index in [1.807, 2.05) is 29.2 Å². The average Bonchev–Trinajstić information content (AvgIpc) is 3.51. The lowest BCUT2D eigenvalue weighted by Crippen LogP contribution is -2.38. The van der Waals surface area contributed by atoms with Crippen molar-refractivity contribution >= 4 is 40.8 Å². The van der Waals surface area contributed by atoms with Crippen molar-refractivity contribution in [3.8, 4) is 0 Å². The van der Waals surface area contributed by atoms with E-state index in [9.17, 15) is 9.59 Å². The minimum Gasteiger partial charge on any atom is -0.355 e. The molecule has 1 aromatic carbocycles. The smallest absolute Gasteiger partial charge is 0.246 e. The second-order valence-electron chi connectivity index (χ2n) is 7.97. The van der Waals surface area contributed by atoms with Crippen LogP contribution in [0.25, 0.3) is 6.08 Å². The first-order valence-corrected chi connectivity index (χ1v) is 11.8. The molecule has 2 amide bonds. The van der Waals surface area contributed by atoms with E-state index in [0.717, 1.165) is 54.9 Å². The van der Waals surface area contributed by atoms with E-state index in [1.165, 1.54) is 0 Å². The van der Waals surface area contributed by atoms with E-state index in [0.29, 0.717) is 18.1 Å². The predicted octanol–water partition coefficient (Wildman–Crippen LogP) is 4.28. The third kappa shape index (κ3) is 5.49. The Kier molecular flexibility index (Phi) is 6.85.